The number of pyridine rings is 2. The number of hydrogen-bond acceptors (Lipinski definition) is 6. The van der Waals surface area contributed by atoms with Crippen molar-refractivity contribution in [1.82, 2.24) is 24.8 Å². The number of hydrogen-bond donors (Lipinski definition) is 1. The second kappa shape index (κ2) is 10.2. The van der Waals surface area contributed by atoms with Crippen LogP contribution in [0.15, 0.2) is 47.7 Å². The highest BCUT2D eigenvalue weighted by atomic mass is 19.4. The van der Waals surface area contributed by atoms with Crippen molar-refractivity contribution < 1.29 is 18.0 Å². The fourth-order valence-corrected chi connectivity index (χ4v) is 4.08. The van der Waals surface area contributed by atoms with Gasteiger partial charge in [-0.15, -0.1) is 0 Å². The van der Waals surface area contributed by atoms with Gasteiger partial charge in [-0.05, 0) is 44.0 Å². The number of nitrogens with zero attached hydrogens (tertiary/aromatic N) is 5. The standard InChI is InChI=1S/C24H25F3N6O2/c1-16-19(23(35)31-22(30-16)17-7-9-28-10-8-17)4-6-21(34)33-12-2-11-32(13-14-33)20-5-3-18(15-29-20)24(25,26)27/h3,5,7-10,15H,2,4,6,11-14H2,1H3,(H,30,31,35). The molecule has 184 valence electrons. The molecule has 1 amide bonds. The van der Waals surface area contributed by atoms with Gasteiger partial charge in [0.1, 0.15) is 11.6 Å². The van der Waals surface area contributed by atoms with Gasteiger partial charge in [-0.3, -0.25) is 14.6 Å². The number of amides is 1. The fourth-order valence-electron chi connectivity index (χ4n) is 4.08. The van der Waals surface area contributed by atoms with Crippen molar-refractivity contribution in [3.63, 3.8) is 0 Å². The summed E-state index contributed by atoms with van der Waals surface area (Å²) in [6, 6.07) is 5.88. The van der Waals surface area contributed by atoms with Gasteiger partial charge in [-0.25, -0.2) is 9.97 Å². The number of carbonyl (C=O) groups excluding carboxylic acids is 1. The number of aryl methyl sites for hydroxylation is 1. The zero-order valence-electron chi connectivity index (χ0n) is 19.2. The van der Waals surface area contributed by atoms with Crippen molar-refractivity contribution in [3.8, 4) is 11.4 Å². The largest absolute Gasteiger partial charge is 0.417 e. The van der Waals surface area contributed by atoms with Crippen LogP contribution >= 0.6 is 0 Å². The molecule has 1 saturated heterocycles. The number of H-pyrrole nitrogens is 1. The predicted octanol–water partition coefficient (Wildman–Crippen LogP) is 3.23. The Kier molecular flexibility index (Phi) is 7.13. The molecule has 4 rings (SSSR count). The Balaban J connectivity index is 1.36. The van der Waals surface area contributed by atoms with Gasteiger partial charge < -0.3 is 14.8 Å². The molecule has 0 aromatic carbocycles. The summed E-state index contributed by atoms with van der Waals surface area (Å²) >= 11 is 0. The lowest BCUT2D eigenvalue weighted by Crippen LogP contribution is -2.35. The summed E-state index contributed by atoms with van der Waals surface area (Å²) in [7, 11) is 0. The van der Waals surface area contributed by atoms with Gasteiger partial charge >= 0.3 is 6.18 Å². The predicted molar refractivity (Wildman–Crippen MR) is 124 cm³/mol. The van der Waals surface area contributed by atoms with E-state index in [9.17, 15) is 22.8 Å². The minimum Gasteiger partial charge on any atom is -0.355 e. The van der Waals surface area contributed by atoms with Gasteiger partial charge in [-0.1, -0.05) is 0 Å². The molecule has 11 heteroatoms. The number of aromatic amines is 1. The molecule has 35 heavy (non-hydrogen) atoms. The minimum absolute atomic E-state index is 0.0794. The van der Waals surface area contributed by atoms with Gasteiger partial charge in [0.25, 0.3) is 5.56 Å². The van der Waals surface area contributed by atoms with Crippen molar-refractivity contribution in [3.05, 3.63) is 70.0 Å². The first-order valence-corrected chi connectivity index (χ1v) is 11.3. The molecule has 1 N–H and O–H groups in total. The SMILES string of the molecule is Cc1nc(-c2ccncc2)[nH]c(=O)c1CCC(=O)N1CCCN(c2ccc(C(F)(F)F)cn2)CC1. The van der Waals surface area contributed by atoms with Crippen LogP contribution in [0.25, 0.3) is 11.4 Å². The monoisotopic (exact) mass is 486 g/mol. The lowest BCUT2D eigenvalue weighted by Gasteiger charge is -2.23. The molecule has 0 aliphatic carbocycles. The molecule has 0 saturated carbocycles. The Morgan fingerprint density at radius 2 is 1.86 bits per heavy atom. The van der Waals surface area contributed by atoms with Crippen molar-refractivity contribution in [2.75, 3.05) is 31.1 Å². The second-order valence-corrected chi connectivity index (χ2v) is 8.34. The smallest absolute Gasteiger partial charge is 0.355 e. The van der Waals surface area contributed by atoms with E-state index in [1.165, 1.54) is 6.07 Å². The lowest BCUT2D eigenvalue weighted by molar-refractivity contribution is -0.137. The van der Waals surface area contributed by atoms with E-state index >= 15 is 0 Å². The number of rotatable bonds is 5. The average molecular weight is 486 g/mol. The Morgan fingerprint density at radius 3 is 2.51 bits per heavy atom. The maximum atomic E-state index is 12.9. The first-order chi connectivity index (χ1) is 16.7. The molecular weight excluding hydrogens is 461 g/mol. The molecule has 3 aromatic rings. The molecular formula is C24H25F3N6O2. The van der Waals surface area contributed by atoms with E-state index < -0.39 is 11.7 Å². The highest BCUT2D eigenvalue weighted by molar-refractivity contribution is 5.76. The third kappa shape index (κ3) is 5.84. The first-order valence-electron chi connectivity index (χ1n) is 11.3. The van der Waals surface area contributed by atoms with Crippen molar-refractivity contribution in [1.29, 1.82) is 0 Å². The second-order valence-electron chi connectivity index (χ2n) is 8.34. The molecule has 8 nitrogen and oxygen atoms in total. The quantitative estimate of drug-likeness (QED) is 0.595. The molecule has 1 aliphatic heterocycles. The molecule has 4 heterocycles. The van der Waals surface area contributed by atoms with Crippen molar-refractivity contribution in [2.45, 2.75) is 32.4 Å². The summed E-state index contributed by atoms with van der Waals surface area (Å²) in [5.74, 6) is 0.827. The summed E-state index contributed by atoms with van der Waals surface area (Å²) in [6.07, 6.45) is 0.735. The summed E-state index contributed by atoms with van der Waals surface area (Å²) < 4.78 is 38.4. The van der Waals surface area contributed by atoms with E-state index in [-0.39, 0.29) is 24.3 Å². The third-order valence-electron chi connectivity index (χ3n) is 6.01. The zero-order chi connectivity index (χ0) is 25.0. The number of anilines is 1. The summed E-state index contributed by atoms with van der Waals surface area (Å²) in [5, 5.41) is 0. The van der Waals surface area contributed by atoms with Gasteiger partial charge in [-0.2, -0.15) is 13.2 Å². The first kappa shape index (κ1) is 24.4. The number of carbonyl (C=O) groups is 1. The number of alkyl halides is 3. The highest BCUT2D eigenvalue weighted by Crippen LogP contribution is 2.29. The van der Waals surface area contributed by atoms with E-state index in [4.69, 9.17) is 0 Å². The van der Waals surface area contributed by atoms with E-state index in [0.29, 0.717) is 55.5 Å². The fraction of sp³-hybridized carbons (Fsp3) is 0.375. The molecule has 0 atom stereocenters. The van der Waals surface area contributed by atoms with Crippen LogP contribution in [0.4, 0.5) is 19.0 Å². The molecule has 1 fully saturated rings. The number of halogens is 3. The molecule has 0 bridgehead atoms. The normalized spacial score (nSPS) is 14.6. The van der Waals surface area contributed by atoms with Crippen LogP contribution in [0.5, 0.6) is 0 Å². The van der Waals surface area contributed by atoms with Crippen molar-refractivity contribution >= 4 is 11.7 Å². The number of nitrogens with one attached hydrogen (secondary N) is 1. The van der Waals surface area contributed by atoms with Crippen LogP contribution in [0.2, 0.25) is 0 Å². The molecule has 1 aliphatic rings. The van der Waals surface area contributed by atoms with Crippen LogP contribution in [0, 0.1) is 6.92 Å². The van der Waals surface area contributed by atoms with E-state index in [1.54, 1.807) is 36.4 Å². The summed E-state index contributed by atoms with van der Waals surface area (Å²) in [5.41, 5.74) is 0.735. The van der Waals surface area contributed by atoms with Gasteiger partial charge in [0.2, 0.25) is 5.91 Å². The maximum absolute atomic E-state index is 12.9. The van der Waals surface area contributed by atoms with Crippen LogP contribution < -0.4 is 10.5 Å². The topological polar surface area (TPSA) is 95.1 Å². The number of aromatic nitrogens is 4. The molecule has 3 aromatic heterocycles. The summed E-state index contributed by atoms with van der Waals surface area (Å²) in [4.78, 5) is 44.3. The van der Waals surface area contributed by atoms with Gasteiger partial charge in [0, 0.05) is 68.0 Å². The summed E-state index contributed by atoms with van der Waals surface area (Å²) in [6.45, 7) is 3.76. The molecule has 0 radical (unpaired) electrons. The van der Waals surface area contributed by atoms with E-state index in [2.05, 4.69) is 19.9 Å². The van der Waals surface area contributed by atoms with Crippen LogP contribution in [0.3, 0.4) is 0 Å². The van der Waals surface area contributed by atoms with Crippen LogP contribution in [0.1, 0.15) is 29.7 Å². The lowest BCUT2D eigenvalue weighted by atomic mass is 10.1. The van der Waals surface area contributed by atoms with Gasteiger partial charge in [0.05, 0.1) is 5.56 Å². The third-order valence-corrected chi connectivity index (χ3v) is 6.01. The van der Waals surface area contributed by atoms with Gasteiger partial charge in [0.15, 0.2) is 0 Å². The van der Waals surface area contributed by atoms with E-state index in [1.807, 2.05) is 4.90 Å². The maximum Gasteiger partial charge on any atom is 0.417 e. The Morgan fingerprint density at radius 1 is 1.09 bits per heavy atom. The van der Waals surface area contributed by atoms with Crippen LogP contribution in [-0.2, 0) is 17.4 Å². The zero-order valence-corrected chi connectivity index (χ0v) is 19.2. The highest BCUT2D eigenvalue weighted by Gasteiger charge is 2.31. The Bertz CT molecular complexity index is 1230. The Hall–Kier alpha value is -3.76. The van der Waals surface area contributed by atoms with Crippen LogP contribution in [-0.4, -0.2) is 56.9 Å². The van der Waals surface area contributed by atoms with Crippen molar-refractivity contribution in [2.24, 2.45) is 0 Å². The minimum atomic E-state index is -4.43. The molecule has 0 spiro atoms. The Labute approximate surface area is 199 Å². The molecule has 0 unspecified atom stereocenters. The van der Waals surface area contributed by atoms with E-state index in [0.717, 1.165) is 17.8 Å². The average Bonchev–Trinajstić information content (AvgIpc) is 3.10.